The second-order valence-electron chi connectivity index (χ2n) is 5.70. The van der Waals surface area contributed by atoms with Gasteiger partial charge in [-0.05, 0) is 42.9 Å². The molecule has 1 rings (SSSR count). The molecule has 3 nitrogen and oxygen atoms in total. The van der Waals surface area contributed by atoms with Crippen LogP contribution in [0.1, 0.15) is 47.0 Å². The molecule has 2 N–H and O–H groups in total. The summed E-state index contributed by atoms with van der Waals surface area (Å²) in [6.07, 6.45) is 3.24. The molecule has 0 aromatic rings. The van der Waals surface area contributed by atoms with E-state index in [2.05, 4.69) is 27.7 Å². The fourth-order valence-electron chi connectivity index (χ4n) is 2.66. The molecule has 1 unspecified atom stereocenters. The van der Waals surface area contributed by atoms with E-state index in [1.165, 1.54) is 6.42 Å². The summed E-state index contributed by atoms with van der Waals surface area (Å²) >= 11 is 0. The van der Waals surface area contributed by atoms with Crippen LogP contribution in [0.25, 0.3) is 0 Å². The molecule has 3 atom stereocenters. The summed E-state index contributed by atoms with van der Waals surface area (Å²) in [7, 11) is -2.20. The topological polar surface area (TPSA) is 49.7 Å². The van der Waals surface area contributed by atoms with Gasteiger partial charge in [-0.2, -0.15) is 0 Å². The normalized spacial score (nSPS) is 31.7. The van der Waals surface area contributed by atoms with Gasteiger partial charge in [0, 0.05) is 0 Å². The van der Waals surface area contributed by atoms with Crippen molar-refractivity contribution in [2.24, 2.45) is 23.7 Å². The van der Waals surface area contributed by atoms with Gasteiger partial charge >= 0.3 is 8.60 Å². The van der Waals surface area contributed by atoms with Crippen LogP contribution in [0.3, 0.4) is 0 Å². The van der Waals surface area contributed by atoms with Gasteiger partial charge in [0.1, 0.15) is 0 Å². The lowest BCUT2D eigenvalue weighted by atomic mass is 9.71. The van der Waals surface area contributed by atoms with Crippen LogP contribution >= 0.6 is 8.60 Å². The molecule has 16 heavy (non-hydrogen) atoms. The van der Waals surface area contributed by atoms with Gasteiger partial charge in [0.25, 0.3) is 0 Å². The molecule has 0 saturated heterocycles. The Hall–Kier alpha value is 0.310. The molecular formula is C12H25O3P. The lowest BCUT2D eigenvalue weighted by Gasteiger charge is -2.38. The lowest BCUT2D eigenvalue weighted by Crippen LogP contribution is -2.32. The molecule has 0 radical (unpaired) electrons. The first-order chi connectivity index (χ1) is 7.40. The van der Waals surface area contributed by atoms with E-state index in [1.807, 2.05) is 0 Å². The predicted molar refractivity (Wildman–Crippen MR) is 66.7 cm³/mol. The van der Waals surface area contributed by atoms with Gasteiger partial charge in [-0.25, -0.2) is 0 Å². The Bertz CT molecular complexity index is 190. The van der Waals surface area contributed by atoms with E-state index in [0.717, 1.165) is 12.8 Å². The minimum absolute atomic E-state index is 0.0367. The lowest BCUT2D eigenvalue weighted by molar-refractivity contribution is 0.0485. The summed E-state index contributed by atoms with van der Waals surface area (Å²) < 4.78 is 5.23. The minimum Gasteiger partial charge on any atom is -0.328 e. The molecule has 0 spiro atoms. The zero-order valence-corrected chi connectivity index (χ0v) is 11.7. The van der Waals surface area contributed by atoms with Gasteiger partial charge in [-0.15, -0.1) is 0 Å². The van der Waals surface area contributed by atoms with Crippen molar-refractivity contribution in [3.63, 3.8) is 0 Å². The Morgan fingerprint density at radius 3 is 1.69 bits per heavy atom. The second kappa shape index (κ2) is 6.30. The molecule has 0 aromatic heterocycles. The number of rotatable bonds is 4. The Labute approximate surface area is 100 Å². The van der Waals surface area contributed by atoms with Crippen molar-refractivity contribution < 1.29 is 14.3 Å². The van der Waals surface area contributed by atoms with E-state index in [9.17, 15) is 0 Å². The van der Waals surface area contributed by atoms with Crippen LogP contribution in [0.5, 0.6) is 0 Å². The molecule has 0 amide bonds. The molecule has 0 heterocycles. The molecule has 4 heteroatoms. The van der Waals surface area contributed by atoms with Gasteiger partial charge in [0.2, 0.25) is 0 Å². The van der Waals surface area contributed by atoms with Gasteiger partial charge in [-0.3, -0.25) is 0 Å². The van der Waals surface area contributed by atoms with Crippen LogP contribution in [-0.4, -0.2) is 15.9 Å². The summed E-state index contributed by atoms with van der Waals surface area (Å²) in [6.45, 7) is 8.96. The first-order valence-corrected chi connectivity index (χ1v) is 7.41. The molecule has 96 valence electrons. The maximum atomic E-state index is 8.95. The Morgan fingerprint density at radius 1 is 0.938 bits per heavy atom. The molecule has 0 bridgehead atoms. The van der Waals surface area contributed by atoms with Crippen LogP contribution in [0, 0.1) is 23.7 Å². The quantitative estimate of drug-likeness (QED) is 0.750. The maximum Gasteiger partial charge on any atom is 0.327 e. The highest BCUT2D eigenvalue weighted by molar-refractivity contribution is 7.39. The Kier molecular flexibility index (Phi) is 5.66. The fourth-order valence-corrected chi connectivity index (χ4v) is 3.10. The molecule has 0 aliphatic heterocycles. The van der Waals surface area contributed by atoms with Gasteiger partial charge < -0.3 is 14.3 Å². The molecule has 1 aliphatic rings. The van der Waals surface area contributed by atoms with Crippen LogP contribution < -0.4 is 0 Å². The molecule has 1 saturated carbocycles. The van der Waals surface area contributed by atoms with Gasteiger partial charge in [-0.1, -0.05) is 27.7 Å². The zero-order valence-electron chi connectivity index (χ0n) is 10.8. The SMILES string of the molecule is CC(C)[C@@H]1CC(OP(O)O)C[C@H](C(C)C)C1. The van der Waals surface area contributed by atoms with E-state index >= 15 is 0 Å². The largest absolute Gasteiger partial charge is 0.328 e. The predicted octanol–water partition coefficient (Wildman–Crippen LogP) is 3.31. The third-order valence-corrected chi connectivity index (χ3v) is 4.35. The molecular weight excluding hydrogens is 223 g/mol. The van der Waals surface area contributed by atoms with Crippen LogP contribution in [0.15, 0.2) is 0 Å². The molecule has 0 aromatic carbocycles. The third-order valence-electron chi connectivity index (χ3n) is 3.87. The van der Waals surface area contributed by atoms with Crippen LogP contribution in [-0.2, 0) is 4.52 Å². The molecule has 1 fully saturated rings. The van der Waals surface area contributed by atoms with Crippen LogP contribution in [0.4, 0.5) is 0 Å². The summed E-state index contributed by atoms with van der Waals surface area (Å²) in [4.78, 5) is 17.9. The summed E-state index contributed by atoms with van der Waals surface area (Å²) in [5.74, 6) is 2.61. The zero-order chi connectivity index (χ0) is 12.3. The first-order valence-electron chi connectivity index (χ1n) is 6.24. The highest BCUT2D eigenvalue weighted by Gasteiger charge is 2.33. The van der Waals surface area contributed by atoms with Gasteiger partial charge in [0.05, 0.1) is 6.10 Å². The van der Waals surface area contributed by atoms with E-state index in [1.54, 1.807) is 0 Å². The van der Waals surface area contributed by atoms with Crippen LogP contribution in [0.2, 0.25) is 0 Å². The number of hydrogen-bond donors (Lipinski definition) is 2. The minimum atomic E-state index is -2.20. The average Bonchev–Trinajstić information content (AvgIpc) is 2.15. The number of hydrogen-bond acceptors (Lipinski definition) is 3. The van der Waals surface area contributed by atoms with Crippen molar-refractivity contribution in [2.45, 2.75) is 53.1 Å². The second-order valence-corrected chi connectivity index (χ2v) is 6.41. The fraction of sp³-hybridized carbons (Fsp3) is 1.00. The highest BCUT2D eigenvalue weighted by atomic mass is 31.2. The smallest absolute Gasteiger partial charge is 0.327 e. The molecule has 1 aliphatic carbocycles. The van der Waals surface area contributed by atoms with Crippen molar-refractivity contribution in [3.8, 4) is 0 Å². The summed E-state index contributed by atoms with van der Waals surface area (Å²) in [6, 6.07) is 0. The monoisotopic (exact) mass is 248 g/mol. The summed E-state index contributed by atoms with van der Waals surface area (Å²) in [5, 5.41) is 0. The standard InChI is InChI=1S/C12H25O3P/c1-8(2)10-5-11(9(3)4)7-12(6-10)15-16(13)14/h8-14H,5-7H2,1-4H3/t10-,11+,12?. The van der Waals surface area contributed by atoms with E-state index in [4.69, 9.17) is 14.3 Å². The summed E-state index contributed by atoms with van der Waals surface area (Å²) in [5.41, 5.74) is 0. The average molecular weight is 248 g/mol. The van der Waals surface area contributed by atoms with Crippen molar-refractivity contribution >= 4 is 8.60 Å². The van der Waals surface area contributed by atoms with Gasteiger partial charge in [0.15, 0.2) is 0 Å². The Morgan fingerprint density at radius 2 is 1.38 bits per heavy atom. The van der Waals surface area contributed by atoms with Crippen molar-refractivity contribution in [3.05, 3.63) is 0 Å². The first kappa shape index (κ1) is 14.4. The van der Waals surface area contributed by atoms with Crippen molar-refractivity contribution in [1.82, 2.24) is 0 Å². The van der Waals surface area contributed by atoms with E-state index in [0.29, 0.717) is 23.7 Å². The van der Waals surface area contributed by atoms with Crippen molar-refractivity contribution in [1.29, 1.82) is 0 Å². The van der Waals surface area contributed by atoms with Crippen molar-refractivity contribution in [2.75, 3.05) is 0 Å². The van der Waals surface area contributed by atoms with E-state index < -0.39 is 8.60 Å². The van der Waals surface area contributed by atoms with E-state index in [-0.39, 0.29) is 6.10 Å². The Balaban J connectivity index is 2.59. The maximum absolute atomic E-state index is 8.95. The third kappa shape index (κ3) is 4.29. The highest BCUT2D eigenvalue weighted by Crippen LogP contribution is 2.42.